The van der Waals surface area contributed by atoms with Gasteiger partial charge in [-0.25, -0.2) is 4.98 Å². The maximum Gasteiger partial charge on any atom is 0.126 e. The zero-order valence-electron chi connectivity index (χ0n) is 10.5. The Morgan fingerprint density at radius 2 is 2.25 bits per heavy atom. The highest BCUT2D eigenvalue weighted by Crippen LogP contribution is 2.18. The number of hydrogen-bond donors (Lipinski definition) is 1. The van der Waals surface area contributed by atoms with Gasteiger partial charge >= 0.3 is 0 Å². The van der Waals surface area contributed by atoms with E-state index in [1.165, 1.54) is 17.7 Å². The number of pyridine rings is 1. The Labute approximate surface area is 103 Å². The third kappa shape index (κ3) is 4.88. The summed E-state index contributed by atoms with van der Waals surface area (Å²) in [6, 6.07) is 4.25. The largest absolute Gasteiger partial charge is 0.370 e. The normalized spacial score (nSPS) is 12.4. The third-order valence-corrected chi connectivity index (χ3v) is 3.89. The summed E-state index contributed by atoms with van der Waals surface area (Å²) in [4.78, 5) is 4.27. The van der Waals surface area contributed by atoms with Crippen LogP contribution in [0.5, 0.6) is 0 Å². The molecule has 3 heteroatoms. The van der Waals surface area contributed by atoms with Crippen LogP contribution in [0.1, 0.15) is 32.8 Å². The van der Waals surface area contributed by atoms with Crippen molar-refractivity contribution in [2.45, 2.75) is 32.9 Å². The van der Waals surface area contributed by atoms with E-state index in [1.807, 2.05) is 18.0 Å². The van der Waals surface area contributed by atoms with Gasteiger partial charge in [0.05, 0.1) is 0 Å². The molecule has 0 radical (unpaired) electrons. The second-order valence-electron chi connectivity index (χ2n) is 4.11. The number of hydrogen-bond acceptors (Lipinski definition) is 3. The van der Waals surface area contributed by atoms with Gasteiger partial charge in [-0.2, -0.15) is 11.8 Å². The van der Waals surface area contributed by atoms with Crippen LogP contribution >= 0.6 is 11.8 Å². The molecule has 90 valence electrons. The van der Waals surface area contributed by atoms with E-state index < -0.39 is 0 Å². The molecule has 1 N–H and O–H groups in total. The molecule has 0 saturated carbocycles. The molecule has 0 aliphatic carbocycles. The molecule has 0 aliphatic heterocycles. The van der Waals surface area contributed by atoms with E-state index in [9.17, 15) is 0 Å². The van der Waals surface area contributed by atoms with Crippen molar-refractivity contribution in [2.24, 2.45) is 5.92 Å². The van der Waals surface area contributed by atoms with Crippen molar-refractivity contribution in [2.75, 3.05) is 17.6 Å². The van der Waals surface area contributed by atoms with E-state index in [4.69, 9.17) is 0 Å². The van der Waals surface area contributed by atoms with Crippen molar-refractivity contribution in [3.8, 4) is 0 Å². The smallest absolute Gasteiger partial charge is 0.126 e. The Kier molecular flexibility index (Phi) is 6.31. The summed E-state index contributed by atoms with van der Waals surface area (Å²) >= 11 is 2.01. The number of aromatic nitrogens is 1. The van der Waals surface area contributed by atoms with Crippen LogP contribution in [0.2, 0.25) is 0 Å². The van der Waals surface area contributed by atoms with Crippen LogP contribution in [0.4, 0.5) is 5.82 Å². The van der Waals surface area contributed by atoms with E-state index in [2.05, 4.69) is 43.2 Å². The van der Waals surface area contributed by atoms with Crippen molar-refractivity contribution in [3.63, 3.8) is 0 Å². The predicted molar refractivity (Wildman–Crippen MR) is 74.0 cm³/mol. The van der Waals surface area contributed by atoms with Crippen LogP contribution in [0.25, 0.3) is 0 Å². The molecule has 0 aromatic carbocycles. The Morgan fingerprint density at radius 3 is 2.94 bits per heavy atom. The molecule has 0 saturated heterocycles. The van der Waals surface area contributed by atoms with E-state index in [0.29, 0.717) is 0 Å². The topological polar surface area (TPSA) is 24.9 Å². The summed E-state index contributed by atoms with van der Waals surface area (Å²) in [5, 5.41) is 3.24. The molecular formula is C13H22N2S. The maximum absolute atomic E-state index is 4.27. The van der Waals surface area contributed by atoms with Crippen LogP contribution in [-0.2, 0) is 5.75 Å². The minimum absolute atomic E-state index is 0.820. The lowest BCUT2D eigenvalue weighted by molar-refractivity contribution is 0.637. The van der Waals surface area contributed by atoms with Gasteiger partial charge in [-0.1, -0.05) is 20.3 Å². The van der Waals surface area contributed by atoms with Crippen molar-refractivity contribution in [1.82, 2.24) is 4.98 Å². The Hall–Kier alpha value is -0.700. The average Bonchev–Trinajstić information content (AvgIpc) is 2.30. The lowest BCUT2D eigenvalue weighted by Crippen LogP contribution is -2.00. The van der Waals surface area contributed by atoms with E-state index in [1.54, 1.807) is 0 Å². The molecule has 1 aromatic rings. The molecular weight excluding hydrogens is 216 g/mol. The minimum atomic E-state index is 0.820. The summed E-state index contributed by atoms with van der Waals surface area (Å²) in [6.07, 6.45) is 3.16. The van der Waals surface area contributed by atoms with Crippen molar-refractivity contribution >= 4 is 17.6 Å². The first-order valence-electron chi connectivity index (χ1n) is 6.02. The van der Waals surface area contributed by atoms with Gasteiger partial charge in [-0.3, -0.25) is 0 Å². The molecule has 1 heterocycles. The highest BCUT2D eigenvalue weighted by molar-refractivity contribution is 7.98. The highest BCUT2D eigenvalue weighted by Gasteiger charge is 2.00. The fourth-order valence-corrected chi connectivity index (χ4v) is 2.51. The van der Waals surface area contributed by atoms with E-state index in [-0.39, 0.29) is 0 Å². The minimum Gasteiger partial charge on any atom is -0.370 e. The number of nitrogens with one attached hydrogen (secondary N) is 1. The first-order valence-corrected chi connectivity index (χ1v) is 7.18. The first-order chi connectivity index (χ1) is 7.76. The predicted octanol–water partition coefficient (Wildman–Crippen LogP) is 3.79. The quantitative estimate of drug-likeness (QED) is 0.782. The first kappa shape index (κ1) is 13.4. The molecule has 16 heavy (non-hydrogen) atoms. The SMILES string of the molecule is CCNc1cc(CSCC(C)CC)ccn1. The van der Waals surface area contributed by atoms with Crippen LogP contribution in [0.3, 0.4) is 0 Å². The molecule has 0 spiro atoms. The Bertz CT molecular complexity index is 302. The van der Waals surface area contributed by atoms with Crippen molar-refractivity contribution in [3.05, 3.63) is 23.9 Å². The molecule has 1 unspecified atom stereocenters. The molecule has 1 atom stereocenters. The lowest BCUT2D eigenvalue weighted by Gasteiger charge is -2.08. The van der Waals surface area contributed by atoms with Gasteiger partial charge in [0, 0.05) is 18.5 Å². The van der Waals surface area contributed by atoms with Gasteiger partial charge in [-0.15, -0.1) is 0 Å². The number of rotatable bonds is 7. The van der Waals surface area contributed by atoms with Crippen molar-refractivity contribution in [1.29, 1.82) is 0 Å². The molecule has 1 rings (SSSR count). The Balaban J connectivity index is 2.38. The van der Waals surface area contributed by atoms with Gasteiger partial charge in [-0.05, 0) is 36.3 Å². The molecule has 0 fully saturated rings. The van der Waals surface area contributed by atoms with Gasteiger partial charge in [0.25, 0.3) is 0 Å². The number of nitrogens with zero attached hydrogens (tertiary/aromatic N) is 1. The molecule has 0 bridgehead atoms. The van der Waals surface area contributed by atoms with Crippen LogP contribution in [-0.4, -0.2) is 17.3 Å². The summed E-state index contributed by atoms with van der Waals surface area (Å²) < 4.78 is 0. The number of anilines is 1. The van der Waals surface area contributed by atoms with Gasteiger partial charge < -0.3 is 5.32 Å². The molecule has 0 aliphatic rings. The van der Waals surface area contributed by atoms with E-state index in [0.717, 1.165) is 24.0 Å². The highest BCUT2D eigenvalue weighted by atomic mass is 32.2. The van der Waals surface area contributed by atoms with E-state index >= 15 is 0 Å². The Morgan fingerprint density at radius 1 is 1.44 bits per heavy atom. The van der Waals surface area contributed by atoms with Crippen LogP contribution in [0.15, 0.2) is 18.3 Å². The van der Waals surface area contributed by atoms with Crippen LogP contribution < -0.4 is 5.32 Å². The standard InChI is InChI=1S/C13H22N2S/c1-4-11(3)9-16-10-12-6-7-15-13(8-12)14-5-2/h6-8,11H,4-5,9-10H2,1-3H3,(H,14,15). The molecule has 2 nitrogen and oxygen atoms in total. The van der Waals surface area contributed by atoms with Crippen molar-refractivity contribution < 1.29 is 0 Å². The maximum atomic E-state index is 4.27. The zero-order chi connectivity index (χ0) is 11.8. The lowest BCUT2D eigenvalue weighted by atomic mass is 10.2. The van der Waals surface area contributed by atoms with Gasteiger partial charge in [0.2, 0.25) is 0 Å². The second-order valence-corrected chi connectivity index (χ2v) is 5.14. The molecule has 0 amide bonds. The average molecular weight is 238 g/mol. The van der Waals surface area contributed by atoms with Gasteiger partial charge in [0.15, 0.2) is 0 Å². The third-order valence-electron chi connectivity index (χ3n) is 2.55. The van der Waals surface area contributed by atoms with Crippen LogP contribution in [0, 0.1) is 5.92 Å². The zero-order valence-corrected chi connectivity index (χ0v) is 11.3. The number of thioether (sulfide) groups is 1. The summed E-state index contributed by atoms with van der Waals surface area (Å²) in [5.41, 5.74) is 1.36. The van der Waals surface area contributed by atoms with Gasteiger partial charge in [0.1, 0.15) is 5.82 Å². The monoisotopic (exact) mass is 238 g/mol. The second kappa shape index (κ2) is 7.55. The molecule has 1 aromatic heterocycles. The fourth-order valence-electron chi connectivity index (χ4n) is 1.34. The summed E-state index contributed by atoms with van der Waals surface area (Å²) in [6.45, 7) is 7.58. The summed E-state index contributed by atoms with van der Waals surface area (Å²) in [5.74, 6) is 4.14. The fraction of sp³-hybridized carbons (Fsp3) is 0.615. The summed E-state index contributed by atoms with van der Waals surface area (Å²) in [7, 11) is 0.